The lowest BCUT2D eigenvalue weighted by molar-refractivity contribution is -0.129. The molecule has 3 aromatic carbocycles. The van der Waals surface area contributed by atoms with Gasteiger partial charge < -0.3 is 4.74 Å². The molecule has 1 heterocycles. The zero-order chi connectivity index (χ0) is 21.4. The van der Waals surface area contributed by atoms with Crippen LogP contribution in [0.5, 0.6) is 5.75 Å². The first-order valence-electron chi connectivity index (χ1n) is 10.5. The van der Waals surface area contributed by atoms with Crippen LogP contribution in [0.25, 0.3) is 10.8 Å². The summed E-state index contributed by atoms with van der Waals surface area (Å²) >= 11 is 0. The number of esters is 1. The minimum Gasteiger partial charge on any atom is -0.423 e. The van der Waals surface area contributed by atoms with Gasteiger partial charge in [0.2, 0.25) is 0 Å². The Bertz CT molecular complexity index is 1170. The van der Waals surface area contributed by atoms with Gasteiger partial charge in [0.05, 0.1) is 5.69 Å². The maximum atomic E-state index is 13.1. The topological polar surface area (TPSA) is 63.7 Å². The Kier molecular flexibility index (Phi) is 4.86. The molecule has 0 spiro atoms. The van der Waals surface area contributed by atoms with Crippen LogP contribution in [0.15, 0.2) is 72.8 Å². The third-order valence-electron chi connectivity index (χ3n) is 5.99. The first-order valence-corrected chi connectivity index (χ1v) is 10.5. The molecule has 1 aliphatic heterocycles. The molecule has 3 aromatic rings. The van der Waals surface area contributed by atoms with Crippen molar-refractivity contribution in [2.24, 2.45) is 5.92 Å². The van der Waals surface area contributed by atoms with Gasteiger partial charge in [-0.15, -0.1) is 0 Å². The Balaban J connectivity index is 1.37. The van der Waals surface area contributed by atoms with Crippen molar-refractivity contribution in [2.45, 2.75) is 25.7 Å². The molecule has 5 rings (SSSR count). The number of allylic oxidation sites excluding steroid dienone is 1. The summed E-state index contributed by atoms with van der Waals surface area (Å²) in [5.74, 6) is -0.329. The van der Waals surface area contributed by atoms with E-state index >= 15 is 0 Å². The highest BCUT2D eigenvalue weighted by Crippen LogP contribution is 2.33. The molecule has 1 aliphatic carbocycles. The molecular formula is C26H21NO4. The lowest BCUT2D eigenvalue weighted by Crippen LogP contribution is -2.40. The zero-order valence-corrected chi connectivity index (χ0v) is 16.9. The maximum absolute atomic E-state index is 13.1. The van der Waals surface area contributed by atoms with Crippen molar-refractivity contribution in [3.8, 4) is 5.75 Å². The molecule has 2 amide bonds. The van der Waals surface area contributed by atoms with E-state index in [1.54, 1.807) is 36.4 Å². The zero-order valence-electron chi connectivity index (χ0n) is 16.9. The molecule has 5 heteroatoms. The summed E-state index contributed by atoms with van der Waals surface area (Å²) in [6.45, 7) is 0. The van der Waals surface area contributed by atoms with Gasteiger partial charge in [-0.25, -0.2) is 9.69 Å². The average molecular weight is 411 g/mol. The van der Waals surface area contributed by atoms with Gasteiger partial charge in [-0.05, 0) is 60.5 Å². The Morgan fingerprint density at radius 3 is 2.10 bits per heavy atom. The number of carbonyl (C=O) groups excluding carboxylic acids is 3. The molecule has 1 saturated carbocycles. The molecular weight excluding hydrogens is 390 g/mol. The van der Waals surface area contributed by atoms with E-state index in [1.165, 1.54) is 23.8 Å². The maximum Gasteiger partial charge on any atom is 0.335 e. The van der Waals surface area contributed by atoms with E-state index in [9.17, 15) is 14.4 Å². The lowest BCUT2D eigenvalue weighted by atomic mass is 9.94. The normalized spacial score (nSPS) is 16.5. The minimum absolute atomic E-state index is 0.362. The molecule has 31 heavy (non-hydrogen) atoms. The fraction of sp³-hybridized carbons (Fsp3) is 0.192. The summed E-state index contributed by atoms with van der Waals surface area (Å²) in [5.41, 5.74) is 1.43. The molecule has 0 atom stereocenters. The highest BCUT2D eigenvalue weighted by atomic mass is 16.5. The molecule has 0 saturated heterocycles. The second-order valence-electron chi connectivity index (χ2n) is 7.97. The van der Waals surface area contributed by atoms with Gasteiger partial charge in [-0.1, -0.05) is 43.2 Å². The SMILES string of the molecule is O=C(/C=C/C1CCCC1)Oc1ccc(N2C(=O)c3cccc4cccc(c34)C2=O)cc1. The molecule has 0 aromatic heterocycles. The smallest absolute Gasteiger partial charge is 0.335 e. The van der Waals surface area contributed by atoms with Crippen molar-refractivity contribution in [3.05, 3.63) is 83.9 Å². The van der Waals surface area contributed by atoms with Gasteiger partial charge in [0.25, 0.3) is 11.8 Å². The predicted octanol–water partition coefficient (Wildman–Crippen LogP) is 5.29. The summed E-state index contributed by atoms with van der Waals surface area (Å²) in [6, 6.07) is 17.3. The fourth-order valence-corrected chi connectivity index (χ4v) is 4.44. The van der Waals surface area contributed by atoms with Crippen molar-refractivity contribution < 1.29 is 19.1 Å². The van der Waals surface area contributed by atoms with Gasteiger partial charge >= 0.3 is 5.97 Å². The van der Waals surface area contributed by atoms with Crippen molar-refractivity contribution >= 4 is 34.2 Å². The minimum atomic E-state index is -0.426. The number of amides is 2. The highest BCUT2D eigenvalue weighted by Gasteiger charge is 2.33. The second-order valence-corrected chi connectivity index (χ2v) is 7.97. The van der Waals surface area contributed by atoms with E-state index in [2.05, 4.69) is 0 Å². The molecule has 154 valence electrons. The summed E-state index contributed by atoms with van der Waals surface area (Å²) < 4.78 is 5.36. The van der Waals surface area contributed by atoms with Gasteiger partial charge in [0.1, 0.15) is 5.75 Å². The number of imide groups is 1. The molecule has 0 bridgehead atoms. The van der Waals surface area contributed by atoms with E-state index in [1.807, 2.05) is 30.3 Å². The summed E-state index contributed by atoms with van der Waals surface area (Å²) in [5, 5.41) is 1.56. The van der Waals surface area contributed by atoms with E-state index in [4.69, 9.17) is 4.74 Å². The Morgan fingerprint density at radius 2 is 1.48 bits per heavy atom. The van der Waals surface area contributed by atoms with Crippen molar-refractivity contribution in [3.63, 3.8) is 0 Å². The molecule has 0 radical (unpaired) electrons. The van der Waals surface area contributed by atoms with E-state index in [0.29, 0.717) is 33.9 Å². The number of nitrogens with zero attached hydrogens (tertiary/aromatic N) is 1. The van der Waals surface area contributed by atoms with Gasteiger partial charge in [0, 0.05) is 22.6 Å². The number of carbonyl (C=O) groups is 3. The number of hydrogen-bond acceptors (Lipinski definition) is 4. The summed E-state index contributed by atoms with van der Waals surface area (Å²) in [4.78, 5) is 39.4. The van der Waals surface area contributed by atoms with Crippen LogP contribution in [0.1, 0.15) is 46.4 Å². The number of benzene rings is 3. The number of hydrogen-bond donors (Lipinski definition) is 0. The van der Waals surface area contributed by atoms with E-state index in [-0.39, 0.29) is 11.8 Å². The highest BCUT2D eigenvalue weighted by molar-refractivity contribution is 6.35. The molecule has 1 fully saturated rings. The van der Waals surface area contributed by atoms with Crippen LogP contribution >= 0.6 is 0 Å². The summed E-state index contributed by atoms with van der Waals surface area (Å²) in [7, 11) is 0. The van der Waals surface area contributed by atoms with Crippen molar-refractivity contribution in [1.82, 2.24) is 0 Å². The van der Waals surface area contributed by atoms with E-state index in [0.717, 1.165) is 18.2 Å². The van der Waals surface area contributed by atoms with Crippen LogP contribution in [-0.4, -0.2) is 17.8 Å². The van der Waals surface area contributed by atoms with Crippen molar-refractivity contribution in [1.29, 1.82) is 0 Å². The first kappa shape index (κ1) is 19.2. The molecule has 5 nitrogen and oxygen atoms in total. The Labute approximate surface area is 179 Å². The van der Waals surface area contributed by atoms with Crippen LogP contribution in [0.4, 0.5) is 5.69 Å². The van der Waals surface area contributed by atoms with E-state index < -0.39 is 5.97 Å². The monoisotopic (exact) mass is 411 g/mol. The molecule has 0 unspecified atom stereocenters. The van der Waals surface area contributed by atoms with Crippen LogP contribution < -0.4 is 9.64 Å². The molecule has 2 aliphatic rings. The van der Waals surface area contributed by atoms with Crippen LogP contribution in [0, 0.1) is 5.92 Å². The van der Waals surface area contributed by atoms with Gasteiger partial charge in [-0.3, -0.25) is 9.59 Å². The standard InChI is InChI=1S/C26H21NO4/c28-23(16-11-17-5-1-2-6-17)31-20-14-12-19(13-15-20)27-25(29)21-9-3-7-18-8-4-10-22(24(18)21)26(27)30/h3-4,7-17H,1-2,5-6H2/b16-11+. The third-order valence-corrected chi connectivity index (χ3v) is 5.99. The fourth-order valence-electron chi connectivity index (χ4n) is 4.44. The van der Waals surface area contributed by atoms with Crippen LogP contribution in [0.3, 0.4) is 0 Å². The molecule has 0 N–H and O–H groups in total. The van der Waals surface area contributed by atoms with Crippen LogP contribution in [-0.2, 0) is 4.79 Å². The van der Waals surface area contributed by atoms with Crippen molar-refractivity contribution in [2.75, 3.05) is 4.90 Å². The first-order chi connectivity index (χ1) is 15.1. The number of rotatable bonds is 4. The quantitative estimate of drug-likeness (QED) is 0.253. The van der Waals surface area contributed by atoms with Gasteiger partial charge in [0.15, 0.2) is 0 Å². The number of anilines is 1. The Morgan fingerprint density at radius 1 is 0.871 bits per heavy atom. The lowest BCUT2D eigenvalue weighted by Gasteiger charge is -2.27. The van der Waals surface area contributed by atoms with Crippen LogP contribution in [0.2, 0.25) is 0 Å². The average Bonchev–Trinajstić information content (AvgIpc) is 3.31. The second kappa shape index (κ2) is 7.84. The predicted molar refractivity (Wildman–Crippen MR) is 118 cm³/mol. The summed E-state index contributed by atoms with van der Waals surface area (Å²) in [6.07, 6.45) is 8.06. The van der Waals surface area contributed by atoms with Gasteiger partial charge in [-0.2, -0.15) is 0 Å². The largest absolute Gasteiger partial charge is 0.423 e. The Hall–Kier alpha value is -3.73. The third kappa shape index (κ3) is 3.52. The number of ether oxygens (including phenoxy) is 1.